The number of carbonyl (C=O) groups excluding carboxylic acids is 1. The van der Waals surface area contributed by atoms with Crippen LogP contribution in [-0.2, 0) is 4.79 Å². The summed E-state index contributed by atoms with van der Waals surface area (Å²) in [5.74, 6) is 0.404. The molecule has 4 heteroatoms. The summed E-state index contributed by atoms with van der Waals surface area (Å²) in [4.78, 5) is 12.5. The van der Waals surface area contributed by atoms with E-state index in [9.17, 15) is 4.79 Å². The van der Waals surface area contributed by atoms with Crippen LogP contribution in [0.1, 0.15) is 37.4 Å². The van der Waals surface area contributed by atoms with E-state index in [0.29, 0.717) is 6.61 Å². The van der Waals surface area contributed by atoms with Crippen LogP contribution >= 0.6 is 0 Å². The van der Waals surface area contributed by atoms with Gasteiger partial charge in [0, 0.05) is 11.7 Å². The van der Waals surface area contributed by atoms with Gasteiger partial charge < -0.3 is 15.8 Å². The second kappa shape index (κ2) is 8.50. The van der Waals surface area contributed by atoms with Gasteiger partial charge in [0.1, 0.15) is 5.75 Å². The van der Waals surface area contributed by atoms with Crippen molar-refractivity contribution in [1.29, 1.82) is 0 Å². The normalized spacial score (nSPS) is 13.2. The predicted molar refractivity (Wildman–Crippen MR) is 98.1 cm³/mol. The van der Waals surface area contributed by atoms with Crippen LogP contribution in [-0.4, -0.2) is 12.5 Å². The lowest BCUT2D eigenvalue weighted by molar-refractivity contribution is -0.120. The molecule has 2 aromatic carbocycles. The predicted octanol–water partition coefficient (Wildman–Crippen LogP) is 4.06. The molecule has 0 fully saturated rings. The number of carbonyl (C=O) groups is 1. The highest BCUT2D eigenvalue weighted by Gasteiger charge is 2.22. The fourth-order valence-electron chi connectivity index (χ4n) is 2.46. The molecule has 24 heavy (non-hydrogen) atoms. The van der Waals surface area contributed by atoms with Gasteiger partial charge in [-0.1, -0.05) is 44.2 Å². The third-order valence-electron chi connectivity index (χ3n) is 4.07. The molecule has 0 heterocycles. The van der Waals surface area contributed by atoms with Gasteiger partial charge in [0.15, 0.2) is 0 Å². The Kier molecular flexibility index (Phi) is 6.38. The Morgan fingerprint density at radius 3 is 2.54 bits per heavy atom. The molecular formula is C20H26N2O2. The van der Waals surface area contributed by atoms with E-state index in [1.165, 1.54) is 0 Å². The summed E-state index contributed by atoms with van der Waals surface area (Å²) in [6.07, 6.45) is 0.965. The van der Waals surface area contributed by atoms with E-state index in [0.717, 1.165) is 29.0 Å². The van der Waals surface area contributed by atoms with Crippen molar-refractivity contribution in [3.05, 3.63) is 59.7 Å². The van der Waals surface area contributed by atoms with Crippen LogP contribution in [0.25, 0.3) is 0 Å². The Morgan fingerprint density at radius 2 is 1.92 bits per heavy atom. The number of rotatable bonds is 7. The van der Waals surface area contributed by atoms with Crippen molar-refractivity contribution in [2.75, 3.05) is 11.9 Å². The first-order chi connectivity index (χ1) is 11.5. The van der Waals surface area contributed by atoms with E-state index in [4.69, 9.17) is 10.5 Å². The Balaban J connectivity index is 2.03. The van der Waals surface area contributed by atoms with Crippen LogP contribution in [0.4, 0.5) is 5.69 Å². The fourth-order valence-corrected chi connectivity index (χ4v) is 2.46. The molecule has 2 rings (SSSR count). The van der Waals surface area contributed by atoms with Crippen molar-refractivity contribution in [2.45, 2.75) is 33.2 Å². The van der Waals surface area contributed by atoms with Crippen LogP contribution in [0.3, 0.4) is 0 Å². The van der Waals surface area contributed by atoms with Gasteiger partial charge in [-0.2, -0.15) is 0 Å². The Labute approximate surface area is 144 Å². The molecule has 0 aromatic heterocycles. The van der Waals surface area contributed by atoms with Crippen molar-refractivity contribution in [3.63, 3.8) is 0 Å². The lowest BCUT2D eigenvalue weighted by atomic mass is 9.94. The molecule has 1 amide bonds. The molecule has 0 spiro atoms. The minimum Gasteiger partial charge on any atom is -0.494 e. The van der Waals surface area contributed by atoms with Crippen molar-refractivity contribution in [1.82, 2.24) is 0 Å². The third kappa shape index (κ3) is 4.59. The van der Waals surface area contributed by atoms with E-state index in [1.54, 1.807) is 0 Å². The number of amides is 1. The van der Waals surface area contributed by atoms with Crippen LogP contribution in [0, 0.1) is 12.8 Å². The highest BCUT2D eigenvalue weighted by molar-refractivity contribution is 5.93. The summed E-state index contributed by atoms with van der Waals surface area (Å²) >= 11 is 0. The number of hydrogen-bond acceptors (Lipinski definition) is 3. The van der Waals surface area contributed by atoms with E-state index in [2.05, 4.69) is 12.2 Å². The number of hydrogen-bond donors (Lipinski definition) is 2. The minimum absolute atomic E-state index is 0.0864. The van der Waals surface area contributed by atoms with E-state index >= 15 is 0 Å². The minimum atomic E-state index is -0.335. The first kappa shape index (κ1) is 18.0. The number of aryl methyl sites for hydroxylation is 1. The molecule has 0 radical (unpaired) electrons. The molecule has 4 nitrogen and oxygen atoms in total. The van der Waals surface area contributed by atoms with Crippen molar-refractivity contribution >= 4 is 11.6 Å². The van der Waals surface area contributed by atoms with E-state index in [-0.39, 0.29) is 17.9 Å². The summed E-state index contributed by atoms with van der Waals surface area (Å²) in [6, 6.07) is 15.0. The molecular weight excluding hydrogens is 300 g/mol. The number of nitrogens with two attached hydrogens (primary N) is 1. The summed E-state index contributed by atoms with van der Waals surface area (Å²) < 4.78 is 5.61. The molecule has 2 unspecified atom stereocenters. The van der Waals surface area contributed by atoms with E-state index < -0.39 is 0 Å². The molecule has 0 bridgehead atoms. The zero-order valence-electron chi connectivity index (χ0n) is 14.6. The molecule has 128 valence electrons. The van der Waals surface area contributed by atoms with Gasteiger partial charge in [-0.15, -0.1) is 0 Å². The Bertz CT molecular complexity index is 671. The number of nitrogens with one attached hydrogen (secondary N) is 1. The molecule has 0 saturated carbocycles. The highest BCUT2D eigenvalue weighted by Crippen LogP contribution is 2.24. The smallest absolute Gasteiger partial charge is 0.229 e. The molecule has 0 saturated heterocycles. The lowest BCUT2D eigenvalue weighted by Crippen LogP contribution is -2.30. The zero-order valence-corrected chi connectivity index (χ0v) is 14.6. The number of ether oxygens (including phenoxy) is 1. The zero-order chi connectivity index (χ0) is 17.5. The number of benzene rings is 2. The van der Waals surface area contributed by atoms with Gasteiger partial charge in [0.2, 0.25) is 5.91 Å². The van der Waals surface area contributed by atoms with Crippen LogP contribution in [0.5, 0.6) is 5.75 Å². The molecule has 2 aromatic rings. The second-order valence-electron chi connectivity index (χ2n) is 6.04. The van der Waals surface area contributed by atoms with Crippen LogP contribution in [0.2, 0.25) is 0 Å². The van der Waals surface area contributed by atoms with Gasteiger partial charge in [0.25, 0.3) is 0 Å². The average molecular weight is 326 g/mol. The molecule has 0 aliphatic heterocycles. The molecule has 0 aliphatic carbocycles. The second-order valence-corrected chi connectivity index (χ2v) is 6.04. The first-order valence-electron chi connectivity index (χ1n) is 8.37. The monoisotopic (exact) mass is 326 g/mol. The summed E-state index contributed by atoms with van der Waals surface area (Å²) in [5, 5.41) is 2.97. The Morgan fingerprint density at radius 1 is 1.21 bits per heavy atom. The van der Waals surface area contributed by atoms with Gasteiger partial charge in [-0.05, 0) is 42.7 Å². The first-order valence-corrected chi connectivity index (χ1v) is 8.37. The molecule has 2 atom stereocenters. The highest BCUT2D eigenvalue weighted by atomic mass is 16.5. The molecule has 0 aliphatic rings. The maximum atomic E-state index is 12.5. The van der Waals surface area contributed by atoms with Crippen molar-refractivity contribution in [2.24, 2.45) is 11.7 Å². The third-order valence-corrected chi connectivity index (χ3v) is 4.07. The Hall–Kier alpha value is -2.33. The van der Waals surface area contributed by atoms with Gasteiger partial charge >= 0.3 is 0 Å². The van der Waals surface area contributed by atoms with Gasteiger partial charge in [-0.3, -0.25) is 4.79 Å². The summed E-state index contributed by atoms with van der Waals surface area (Å²) in [7, 11) is 0. The quantitative estimate of drug-likeness (QED) is 0.806. The SMILES string of the molecule is CCCOc1ccc(NC(=O)C(C)C(N)c2ccccc2)c(C)c1. The van der Waals surface area contributed by atoms with E-state index in [1.807, 2.05) is 62.4 Å². The summed E-state index contributed by atoms with van der Waals surface area (Å²) in [5.41, 5.74) is 8.95. The van der Waals surface area contributed by atoms with Crippen LogP contribution in [0.15, 0.2) is 48.5 Å². The maximum absolute atomic E-state index is 12.5. The molecule has 3 N–H and O–H groups in total. The topological polar surface area (TPSA) is 64.3 Å². The van der Waals surface area contributed by atoms with Crippen LogP contribution < -0.4 is 15.8 Å². The van der Waals surface area contributed by atoms with Crippen molar-refractivity contribution in [3.8, 4) is 5.75 Å². The average Bonchev–Trinajstić information content (AvgIpc) is 2.61. The summed E-state index contributed by atoms with van der Waals surface area (Å²) in [6.45, 7) is 6.56. The lowest BCUT2D eigenvalue weighted by Gasteiger charge is -2.20. The largest absolute Gasteiger partial charge is 0.494 e. The number of anilines is 1. The fraction of sp³-hybridized carbons (Fsp3) is 0.350. The van der Waals surface area contributed by atoms with Crippen molar-refractivity contribution < 1.29 is 9.53 Å². The van der Waals surface area contributed by atoms with Gasteiger partial charge in [-0.25, -0.2) is 0 Å². The van der Waals surface area contributed by atoms with Gasteiger partial charge in [0.05, 0.1) is 12.5 Å². The standard InChI is InChI=1S/C20H26N2O2/c1-4-12-24-17-10-11-18(14(2)13-17)22-20(23)15(3)19(21)16-8-6-5-7-9-16/h5-11,13,15,19H,4,12,21H2,1-3H3,(H,22,23). The maximum Gasteiger partial charge on any atom is 0.229 e.